The molecule has 0 aliphatic carbocycles. The second kappa shape index (κ2) is 8.90. The van der Waals surface area contributed by atoms with Crippen LogP contribution in [0.2, 0.25) is 0 Å². The highest BCUT2D eigenvalue weighted by Crippen LogP contribution is 2.29. The molecule has 0 unspecified atom stereocenters. The summed E-state index contributed by atoms with van der Waals surface area (Å²) in [5, 5.41) is 2.70. The van der Waals surface area contributed by atoms with Crippen molar-refractivity contribution in [1.82, 2.24) is 0 Å². The van der Waals surface area contributed by atoms with Gasteiger partial charge in [-0.05, 0) is 55.2 Å². The summed E-state index contributed by atoms with van der Waals surface area (Å²) >= 11 is 0. The molecule has 0 spiro atoms. The average molecular weight is 394 g/mol. The van der Waals surface area contributed by atoms with Crippen LogP contribution >= 0.6 is 0 Å². The van der Waals surface area contributed by atoms with Crippen molar-refractivity contribution in [1.29, 1.82) is 0 Å². The molecule has 1 heterocycles. The van der Waals surface area contributed by atoms with Crippen LogP contribution in [0.15, 0.2) is 42.5 Å². The second-order valence-electron chi connectivity index (χ2n) is 7.33. The molecule has 6 heteroatoms. The first kappa shape index (κ1) is 20.6. The lowest BCUT2D eigenvalue weighted by atomic mass is 10.1. The molecule has 1 aliphatic rings. The van der Waals surface area contributed by atoms with Crippen molar-refractivity contribution in [2.45, 2.75) is 33.6 Å². The fraction of sp³-hybridized carbons (Fsp3) is 0.348. The van der Waals surface area contributed by atoms with Crippen LogP contribution in [0, 0.1) is 19.8 Å². The largest absolute Gasteiger partial charge is 0.455 e. The lowest BCUT2D eigenvalue weighted by Crippen LogP contribution is -2.28. The molecule has 0 aromatic heterocycles. The Bertz CT molecular complexity index is 921. The molecule has 2 amide bonds. The number of nitrogens with one attached hydrogen (secondary N) is 1. The van der Waals surface area contributed by atoms with Crippen LogP contribution in [-0.4, -0.2) is 30.9 Å². The molecule has 29 heavy (non-hydrogen) atoms. The predicted molar refractivity (Wildman–Crippen MR) is 112 cm³/mol. The van der Waals surface area contributed by atoms with E-state index in [-0.39, 0.29) is 25.5 Å². The number of hydrogen-bond donors (Lipinski definition) is 1. The molecular formula is C23H26N2O4. The van der Waals surface area contributed by atoms with E-state index < -0.39 is 17.8 Å². The standard InChI is InChI=1S/C23H26N2O4/c1-4-17-8-10-19(11-9-17)24-21(26)14-29-23(28)18-12-22(27)25(13-18)20-7-5-6-15(2)16(20)3/h5-11,18H,4,12-14H2,1-3H3,(H,24,26)/t18-/m1/s1. The predicted octanol–water partition coefficient (Wildman–Crippen LogP) is 3.40. The highest BCUT2D eigenvalue weighted by atomic mass is 16.5. The van der Waals surface area contributed by atoms with Crippen molar-refractivity contribution in [2.75, 3.05) is 23.4 Å². The Morgan fingerprint density at radius 3 is 2.55 bits per heavy atom. The smallest absolute Gasteiger partial charge is 0.311 e. The molecule has 3 rings (SSSR count). The number of carbonyl (C=O) groups excluding carboxylic acids is 3. The first-order valence-corrected chi connectivity index (χ1v) is 9.81. The summed E-state index contributed by atoms with van der Waals surface area (Å²) < 4.78 is 5.16. The van der Waals surface area contributed by atoms with Crippen LogP contribution in [0.1, 0.15) is 30.0 Å². The molecule has 6 nitrogen and oxygen atoms in total. The van der Waals surface area contributed by atoms with E-state index in [4.69, 9.17) is 4.74 Å². The number of rotatable bonds is 6. The zero-order valence-corrected chi connectivity index (χ0v) is 17.0. The summed E-state index contributed by atoms with van der Waals surface area (Å²) in [7, 11) is 0. The number of esters is 1. The maximum absolute atomic E-state index is 12.4. The first-order valence-electron chi connectivity index (χ1n) is 9.81. The third-order valence-corrected chi connectivity index (χ3v) is 5.32. The summed E-state index contributed by atoms with van der Waals surface area (Å²) in [6.07, 6.45) is 1.01. The van der Waals surface area contributed by atoms with Crippen LogP contribution in [0.25, 0.3) is 0 Å². The Kier molecular flexibility index (Phi) is 6.32. The van der Waals surface area contributed by atoms with Crippen LogP contribution in [0.5, 0.6) is 0 Å². The van der Waals surface area contributed by atoms with Gasteiger partial charge in [0.1, 0.15) is 0 Å². The van der Waals surface area contributed by atoms with Crippen LogP contribution in [-0.2, 0) is 25.5 Å². The van der Waals surface area contributed by atoms with Gasteiger partial charge in [0.25, 0.3) is 5.91 Å². The maximum Gasteiger partial charge on any atom is 0.311 e. The Hall–Kier alpha value is -3.15. The van der Waals surface area contributed by atoms with E-state index >= 15 is 0 Å². The average Bonchev–Trinajstić information content (AvgIpc) is 3.10. The Labute approximate surface area is 170 Å². The number of hydrogen-bond acceptors (Lipinski definition) is 4. The van der Waals surface area contributed by atoms with Crippen molar-refractivity contribution in [3.63, 3.8) is 0 Å². The third kappa shape index (κ3) is 4.83. The monoisotopic (exact) mass is 394 g/mol. The summed E-state index contributed by atoms with van der Waals surface area (Å²) in [5.41, 5.74) is 4.75. The lowest BCUT2D eigenvalue weighted by Gasteiger charge is -2.20. The highest BCUT2D eigenvalue weighted by Gasteiger charge is 2.37. The third-order valence-electron chi connectivity index (χ3n) is 5.32. The number of carbonyl (C=O) groups is 3. The molecule has 0 radical (unpaired) electrons. The van der Waals surface area contributed by atoms with Gasteiger partial charge in [0.05, 0.1) is 5.92 Å². The van der Waals surface area contributed by atoms with Gasteiger partial charge in [0.2, 0.25) is 5.91 Å². The molecule has 1 saturated heterocycles. The molecule has 2 aromatic rings. The molecule has 0 bridgehead atoms. The molecule has 1 aliphatic heterocycles. The van der Waals surface area contributed by atoms with E-state index in [2.05, 4.69) is 12.2 Å². The van der Waals surface area contributed by atoms with Gasteiger partial charge in [-0.2, -0.15) is 0 Å². The number of anilines is 2. The van der Waals surface area contributed by atoms with E-state index in [1.165, 1.54) is 5.56 Å². The van der Waals surface area contributed by atoms with Gasteiger partial charge in [-0.1, -0.05) is 31.2 Å². The minimum Gasteiger partial charge on any atom is -0.455 e. The molecule has 1 fully saturated rings. The minimum absolute atomic E-state index is 0.0896. The minimum atomic E-state index is -0.570. The Morgan fingerprint density at radius 1 is 1.14 bits per heavy atom. The van der Waals surface area contributed by atoms with Crippen molar-refractivity contribution in [3.8, 4) is 0 Å². The zero-order chi connectivity index (χ0) is 21.0. The van der Waals surface area contributed by atoms with Gasteiger partial charge in [0, 0.05) is 24.3 Å². The van der Waals surface area contributed by atoms with E-state index in [9.17, 15) is 14.4 Å². The number of benzene rings is 2. The zero-order valence-electron chi connectivity index (χ0n) is 17.0. The molecule has 152 valence electrons. The summed E-state index contributed by atoms with van der Waals surface area (Å²) in [4.78, 5) is 38.5. The Balaban J connectivity index is 1.53. The fourth-order valence-corrected chi connectivity index (χ4v) is 3.40. The van der Waals surface area contributed by atoms with Crippen molar-refractivity contribution in [2.24, 2.45) is 5.92 Å². The number of ether oxygens (including phenoxy) is 1. The molecular weight excluding hydrogens is 368 g/mol. The quantitative estimate of drug-likeness (QED) is 0.762. The van der Waals surface area contributed by atoms with Crippen LogP contribution in [0.4, 0.5) is 11.4 Å². The molecule has 2 aromatic carbocycles. The summed E-state index contributed by atoms with van der Waals surface area (Å²) in [6, 6.07) is 13.3. The number of nitrogens with zero attached hydrogens (tertiary/aromatic N) is 1. The van der Waals surface area contributed by atoms with Crippen molar-refractivity contribution >= 4 is 29.2 Å². The van der Waals surface area contributed by atoms with Gasteiger partial charge in [-0.3, -0.25) is 14.4 Å². The molecule has 0 saturated carbocycles. The van der Waals surface area contributed by atoms with Gasteiger partial charge >= 0.3 is 5.97 Å². The van der Waals surface area contributed by atoms with Gasteiger partial charge in [-0.15, -0.1) is 0 Å². The first-order chi connectivity index (χ1) is 13.9. The van der Waals surface area contributed by atoms with E-state index in [0.29, 0.717) is 5.69 Å². The van der Waals surface area contributed by atoms with Crippen LogP contribution in [0.3, 0.4) is 0 Å². The SMILES string of the molecule is CCc1ccc(NC(=O)COC(=O)[C@@H]2CC(=O)N(c3cccc(C)c3C)C2)cc1. The second-order valence-corrected chi connectivity index (χ2v) is 7.33. The summed E-state index contributed by atoms with van der Waals surface area (Å²) in [5.74, 6) is -1.61. The van der Waals surface area contributed by atoms with Gasteiger partial charge < -0.3 is 15.0 Å². The number of amides is 2. The van der Waals surface area contributed by atoms with E-state index in [0.717, 1.165) is 23.2 Å². The lowest BCUT2D eigenvalue weighted by molar-refractivity contribution is -0.151. The fourth-order valence-electron chi connectivity index (χ4n) is 3.40. The van der Waals surface area contributed by atoms with Crippen molar-refractivity contribution in [3.05, 3.63) is 59.2 Å². The molecule has 1 N–H and O–H groups in total. The number of aryl methyl sites for hydroxylation is 2. The van der Waals surface area contributed by atoms with Gasteiger partial charge in [-0.25, -0.2) is 0 Å². The highest BCUT2D eigenvalue weighted by molar-refractivity contribution is 6.00. The van der Waals surface area contributed by atoms with Crippen LogP contribution < -0.4 is 10.2 Å². The maximum atomic E-state index is 12.4. The topological polar surface area (TPSA) is 75.7 Å². The molecule has 1 atom stereocenters. The normalized spacial score (nSPS) is 16.0. The van der Waals surface area contributed by atoms with E-state index in [1.54, 1.807) is 4.90 Å². The van der Waals surface area contributed by atoms with Gasteiger partial charge in [0.15, 0.2) is 6.61 Å². The van der Waals surface area contributed by atoms with E-state index in [1.807, 2.05) is 56.3 Å². The van der Waals surface area contributed by atoms with Crippen molar-refractivity contribution < 1.29 is 19.1 Å². The summed E-state index contributed by atoms with van der Waals surface area (Å²) in [6.45, 7) is 5.90. The Morgan fingerprint density at radius 2 is 1.86 bits per heavy atom.